The first-order valence-electron chi connectivity index (χ1n) is 0.707. The van der Waals surface area contributed by atoms with E-state index in [1.54, 1.807) is 0 Å². The molecule has 0 aromatic carbocycles. The fourth-order valence-corrected chi connectivity index (χ4v) is 0. The zero-order valence-corrected chi connectivity index (χ0v) is 6.32. The standard InChI is InChI=1S/BO3.Fe.Li.Ti/c2-1(3)4;;;/q-3;+2;+1;+4. The summed E-state index contributed by atoms with van der Waals surface area (Å²) >= 11 is 0. The Morgan fingerprint density at radius 1 is 1.00 bits per heavy atom. The van der Waals surface area contributed by atoms with Crippen LogP contribution in [0.2, 0.25) is 0 Å². The normalized spacial score (nSPS) is 3.86. The summed E-state index contributed by atoms with van der Waals surface area (Å²) < 4.78 is 0. The van der Waals surface area contributed by atoms with E-state index in [1.807, 2.05) is 0 Å². The van der Waals surface area contributed by atoms with Crippen molar-refractivity contribution in [1.82, 2.24) is 0 Å². The number of rotatable bonds is 0. The molecule has 0 spiro atoms. The molecule has 0 fully saturated rings. The predicted octanol–water partition coefficient (Wildman–Crippen LogP) is -6.95. The molecule has 0 aliphatic heterocycles. The molecule has 0 saturated carbocycles. The molecule has 0 aliphatic rings. The summed E-state index contributed by atoms with van der Waals surface area (Å²) in [6, 6.07) is 0. The predicted molar refractivity (Wildman–Crippen MR) is 5.75 cm³/mol. The molecule has 0 N–H and O–H groups in total. The van der Waals surface area contributed by atoms with Crippen molar-refractivity contribution in [3.63, 3.8) is 0 Å². The maximum Gasteiger partial charge on any atom is 4.00 e. The minimum Gasteiger partial charge on any atom is -0.907 e. The van der Waals surface area contributed by atoms with E-state index in [1.165, 1.54) is 0 Å². The third kappa shape index (κ3) is 82.2. The Balaban J connectivity index is -0.0000000150. The Kier molecular flexibility index (Phi) is 52.0. The Morgan fingerprint density at radius 3 is 1.00 bits per heavy atom. The first kappa shape index (κ1) is 23.3. The van der Waals surface area contributed by atoms with Crippen LogP contribution in [-0.4, -0.2) is 7.32 Å². The topological polar surface area (TPSA) is 69.2 Å². The average molecular weight is 169 g/mol. The zero-order valence-electron chi connectivity index (χ0n) is 3.66. The minimum absolute atomic E-state index is 0. The fraction of sp³-hybridized carbons (Fsp3) is 0. The maximum atomic E-state index is 8.42. The largest absolute Gasteiger partial charge is 4.00 e. The molecule has 0 atom stereocenters. The molecular formula is BFeLiO3Ti+4. The van der Waals surface area contributed by atoms with Gasteiger partial charge in [0.05, 0.1) is 0 Å². The number of hydrogen-bond donors (Lipinski definition) is 0. The van der Waals surface area contributed by atoms with Crippen LogP contribution in [0, 0.1) is 0 Å². The van der Waals surface area contributed by atoms with Gasteiger partial charge >= 0.3 is 57.6 Å². The van der Waals surface area contributed by atoms with Crippen LogP contribution in [0.25, 0.3) is 0 Å². The molecule has 0 amide bonds. The Bertz CT molecular complexity index is 19.7. The van der Waals surface area contributed by atoms with Crippen molar-refractivity contribution in [2.45, 2.75) is 0 Å². The summed E-state index contributed by atoms with van der Waals surface area (Å²) in [5.74, 6) is 0. The third-order valence-electron chi connectivity index (χ3n) is 0. The van der Waals surface area contributed by atoms with Crippen molar-refractivity contribution >= 4 is 7.32 Å². The molecule has 0 heterocycles. The van der Waals surface area contributed by atoms with Gasteiger partial charge in [-0.2, -0.15) is 0 Å². The average Bonchev–Trinajstić information content (AvgIpc) is 0.811. The summed E-state index contributed by atoms with van der Waals surface area (Å²) in [4.78, 5) is 0. The van der Waals surface area contributed by atoms with Crippen LogP contribution in [0.3, 0.4) is 0 Å². The zero-order chi connectivity index (χ0) is 3.58. The van der Waals surface area contributed by atoms with Gasteiger partial charge in [0.2, 0.25) is 0 Å². The Labute approximate surface area is 79.6 Å². The summed E-state index contributed by atoms with van der Waals surface area (Å²) in [5.41, 5.74) is 0. The molecule has 0 saturated heterocycles. The van der Waals surface area contributed by atoms with Gasteiger partial charge in [-0.15, -0.1) is 0 Å². The van der Waals surface area contributed by atoms with Crippen molar-refractivity contribution < 1.29 is 72.7 Å². The van der Waals surface area contributed by atoms with Gasteiger partial charge in [0.1, 0.15) is 0 Å². The molecule has 3 nitrogen and oxygen atoms in total. The van der Waals surface area contributed by atoms with Crippen molar-refractivity contribution in [2.75, 3.05) is 0 Å². The van der Waals surface area contributed by atoms with Gasteiger partial charge in [-0.1, -0.05) is 0 Å². The van der Waals surface area contributed by atoms with E-state index in [0.717, 1.165) is 0 Å². The van der Waals surface area contributed by atoms with Crippen LogP contribution in [0.5, 0.6) is 0 Å². The molecule has 0 aliphatic carbocycles. The maximum absolute atomic E-state index is 8.42. The molecule has 30 valence electrons. The van der Waals surface area contributed by atoms with Gasteiger partial charge in [0.15, 0.2) is 0 Å². The second-order valence-corrected chi connectivity index (χ2v) is 0.289. The molecule has 7 heavy (non-hydrogen) atoms. The molecule has 0 unspecified atom stereocenters. The van der Waals surface area contributed by atoms with Gasteiger partial charge in [-0.05, 0) is 0 Å². The second-order valence-electron chi connectivity index (χ2n) is 0.289. The van der Waals surface area contributed by atoms with Gasteiger partial charge in [0.25, 0.3) is 0 Å². The van der Waals surface area contributed by atoms with E-state index in [-0.39, 0.29) is 57.6 Å². The fourth-order valence-electron chi connectivity index (χ4n) is 0. The third-order valence-corrected chi connectivity index (χ3v) is 0. The van der Waals surface area contributed by atoms with Crippen molar-refractivity contribution in [1.29, 1.82) is 0 Å². The molecule has 0 aromatic heterocycles. The van der Waals surface area contributed by atoms with E-state index in [0.29, 0.717) is 0 Å². The monoisotopic (exact) mass is 170 g/mol. The second kappa shape index (κ2) is 15.7. The van der Waals surface area contributed by atoms with Crippen LogP contribution >= 0.6 is 0 Å². The van der Waals surface area contributed by atoms with Gasteiger partial charge in [-0.3, -0.25) is 7.32 Å². The smallest absolute Gasteiger partial charge is 0.907 e. The number of hydrogen-bond acceptors (Lipinski definition) is 3. The summed E-state index contributed by atoms with van der Waals surface area (Å²) in [6.45, 7) is 0. The van der Waals surface area contributed by atoms with Crippen molar-refractivity contribution in [3.05, 3.63) is 0 Å². The van der Waals surface area contributed by atoms with E-state index in [4.69, 9.17) is 15.1 Å². The van der Waals surface area contributed by atoms with Crippen LogP contribution in [0.1, 0.15) is 0 Å². The summed E-state index contributed by atoms with van der Waals surface area (Å²) in [5, 5.41) is 25.2. The van der Waals surface area contributed by atoms with E-state index in [2.05, 4.69) is 0 Å². The van der Waals surface area contributed by atoms with Crippen LogP contribution in [0.4, 0.5) is 0 Å². The van der Waals surface area contributed by atoms with Crippen LogP contribution in [-0.2, 0) is 38.8 Å². The van der Waals surface area contributed by atoms with Gasteiger partial charge in [0, 0.05) is 0 Å². The van der Waals surface area contributed by atoms with Crippen LogP contribution in [0.15, 0.2) is 0 Å². The summed E-state index contributed by atoms with van der Waals surface area (Å²) in [7, 11) is -2.92. The van der Waals surface area contributed by atoms with Crippen LogP contribution < -0.4 is 33.9 Å². The van der Waals surface area contributed by atoms with Gasteiger partial charge < -0.3 is 15.1 Å². The minimum atomic E-state index is -2.92. The molecule has 0 rings (SSSR count). The molecule has 0 radical (unpaired) electrons. The van der Waals surface area contributed by atoms with Crippen molar-refractivity contribution in [2.24, 2.45) is 0 Å². The van der Waals surface area contributed by atoms with E-state index in [9.17, 15) is 0 Å². The summed E-state index contributed by atoms with van der Waals surface area (Å²) in [6.07, 6.45) is 0. The van der Waals surface area contributed by atoms with Gasteiger partial charge in [-0.25, -0.2) is 0 Å². The Morgan fingerprint density at radius 2 is 1.00 bits per heavy atom. The first-order valence-corrected chi connectivity index (χ1v) is 0.707. The first-order chi connectivity index (χ1) is 1.73. The molecule has 7 heteroatoms. The molecular weight excluding hydrogens is 169 g/mol. The van der Waals surface area contributed by atoms with Crippen molar-refractivity contribution in [3.8, 4) is 0 Å². The van der Waals surface area contributed by atoms with E-state index < -0.39 is 7.32 Å². The SMILES string of the molecule is [Fe+2].[Li+].[O-]B([O-])[O-].[Ti+4]. The van der Waals surface area contributed by atoms with E-state index >= 15 is 0 Å². The Hall–Kier alpha value is 1.78. The molecule has 0 bridgehead atoms. The quantitative estimate of drug-likeness (QED) is 0.339. The molecule has 0 aromatic rings.